The second-order valence-corrected chi connectivity index (χ2v) is 6.01. The minimum atomic E-state index is -0.0775. The Hall–Kier alpha value is -0.880. The number of nitrogens with one attached hydrogen (secondary N) is 1. The summed E-state index contributed by atoms with van der Waals surface area (Å²) in [5.74, 6) is 0.624. The van der Waals surface area contributed by atoms with Crippen molar-refractivity contribution >= 4 is 21.6 Å². The van der Waals surface area contributed by atoms with Gasteiger partial charge < -0.3 is 10.4 Å². The lowest BCUT2D eigenvalue weighted by Crippen LogP contribution is -2.26. The van der Waals surface area contributed by atoms with Gasteiger partial charge in [-0.3, -0.25) is 4.79 Å². The number of hydrogen-bond donors (Lipinski definition) is 2. The van der Waals surface area contributed by atoms with Gasteiger partial charge >= 0.3 is 0 Å². The van der Waals surface area contributed by atoms with Gasteiger partial charge in [-0.25, -0.2) is 4.68 Å². The third-order valence-electron chi connectivity index (χ3n) is 3.31. The second kappa shape index (κ2) is 6.52. The lowest BCUT2D eigenvalue weighted by molar-refractivity contribution is 0.282. The number of aliphatic hydroxyl groups is 1. The van der Waals surface area contributed by atoms with Gasteiger partial charge in [-0.05, 0) is 54.5 Å². The molecule has 1 saturated carbocycles. The van der Waals surface area contributed by atoms with Crippen LogP contribution in [-0.2, 0) is 6.54 Å². The molecule has 1 aliphatic carbocycles. The van der Waals surface area contributed by atoms with Crippen LogP contribution in [0.1, 0.15) is 32.6 Å². The molecule has 0 radical (unpaired) electrons. The Morgan fingerprint density at radius 2 is 2.37 bits per heavy atom. The number of aliphatic hydroxyl groups excluding tert-OH is 1. The average Bonchev–Trinajstić information content (AvgIpc) is 3.20. The van der Waals surface area contributed by atoms with Crippen molar-refractivity contribution in [2.24, 2.45) is 5.92 Å². The van der Waals surface area contributed by atoms with Crippen LogP contribution in [0.15, 0.2) is 15.5 Å². The topological polar surface area (TPSA) is 67.2 Å². The number of hydrogen-bond acceptors (Lipinski definition) is 4. The van der Waals surface area contributed by atoms with E-state index in [0.717, 1.165) is 25.1 Å². The van der Waals surface area contributed by atoms with Crippen LogP contribution in [0, 0.1) is 5.92 Å². The predicted molar refractivity (Wildman–Crippen MR) is 78.3 cm³/mol. The minimum absolute atomic E-state index is 0.0775. The van der Waals surface area contributed by atoms with Gasteiger partial charge in [0.1, 0.15) is 4.47 Å². The first kappa shape index (κ1) is 14.5. The molecule has 1 aromatic rings. The predicted octanol–water partition coefficient (Wildman–Crippen LogP) is 1.99. The molecule has 1 unspecified atom stereocenters. The van der Waals surface area contributed by atoms with E-state index in [2.05, 4.69) is 26.3 Å². The van der Waals surface area contributed by atoms with E-state index in [1.54, 1.807) is 6.20 Å². The van der Waals surface area contributed by atoms with Gasteiger partial charge in [-0.2, -0.15) is 5.10 Å². The molecule has 2 N–H and O–H groups in total. The zero-order valence-electron chi connectivity index (χ0n) is 11.1. The van der Waals surface area contributed by atoms with Gasteiger partial charge in [0.15, 0.2) is 0 Å². The molecule has 0 spiro atoms. The molecule has 0 amide bonds. The highest BCUT2D eigenvalue weighted by Crippen LogP contribution is 2.30. The maximum Gasteiger partial charge on any atom is 0.283 e. The average molecular weight is 330 g/mol. The van der Waals surface area contributed by atoms with E-state index in [0.29, 0.717) is 10.4 Å². The highest BCUT2D eigenvalue weighted by atomic mass is 79.9. The maximum atomic E-state index is 12.1. The van der Waals surface area contributed by atoms with Gasteiger partial charge in [-0.15, -0.1) is 0 Å². The molecule has 1 heterocycles. The molecule has 106 valence electrons. The Bertz CT molecular complexity index is 485. The van der Waals surface area contributed by atoms with Crippen LogP contribution >= 0.6 is 15.9 Å². The third kappa shape index (κ3) is 4.04. The number of aromatic nitrogens is 2. The highest BCUT2D eigenvalue weighted by Gasteiger charge is 2.23. The van der Waals surface area contributed by atoms with Gasteiger partial charge in [0.2, 0.25) is 0 Å². The molecular formula is C13H20BrN3O2. The Morgan fingerprint density at radius 1 is 1.63 bits per heavy atom. The number of rotatable bonds is 7. The van der Waals surface area contributed by atoms with Crippen molar-refractivity contribution in [3.8, 4) is 0 Å². The van der Waals surface area contributed by atoms with Crippen molar-refractivity contribution in [2.75, 3.05) is 11.9 Å². The fraction of sp³-hybridized carbons (Fsp3) is 0.692. The van der Waals surface area contributed by atoms with Crippen molar-refractivity contribution in [1.82, 2.24) is 9.78 Å². The summed E-state index contributed by atoms with van der Waals surface area (Å²) in [5, 5.41) is 16.3. The van der Waals surface area contributed by atoms with Gasteiger partial charge in [-0.1, -0.05) is 0 Å². The van der Waals surface area contributed by atoms with Crippen molar-refractivity contribution in [3.63, 3.8) is 0 Å². The lowest BCUT2D eigenvalue weighted by atomic mass is 10.2. The van der Waals surface area contributed by atoms with Crippen LogP contribution in [0.5, 0.6) is 0 Å². The zero-order chi connectivity index (χ0) is 13.8. The SMILES string of the molecule is CC(CCCO)Nc1cnn(CC2CC2)c(=O)c1Br. The molecule has 1 atom stereocenters. The summed E-state index contributed by atoms with van der Waals surface area (Å²) in [6.45, 7) is 2.93. The smallest absolute Gasteiger partial charge is 0.283 e. The Morgan fingerprint density at radius 3 is 3.00 bits per heavy atom. The molecule has 0 saturated heterocycles. The molecule has 0 aromatic carbocycles. The van der Waals surface area contributed by atoms with Crippen molar-refractivity contribution in [3.05, 3.63) is 21.0 Å². The van der Waals surface area contributed by atoms with Gasteiger partial charge in [0.25, 0.3) is 5.56 Å². The van der Waals surface area contributed by atoms with E-state index in [1.165, 1.54) is 17.5 Å². The number of anilines is 1. The summed E-state index contributed by atoms with van der Waals surface area (Å²) < 4.78 is 2.07. The molecule has 2 rings (SSSR count). The number of nitrogens with zero attached hydrogens (tertiary/aromatic N) is 2. The van der Waals surface area contributed by atoms with E-state index in [9.17, 15) is 4.79 Å². The number of halogens is 1. The molecular weight excluding hydrogens is 310 g/mol. The van der Waals surface area contributed by atoms with Crippen LogP contribution in [0.3, 0.4) is 0 Å². The van der Waals surface area contributed by atoms with Crippen LogP contribution in [0.4, 0.5) is 5.69 Å². The molecule has 6 heteroatoms. The molecule has 1 fully saturated rings. The summed E-state index contributed by atoms with van der Waals surface area (Å²) in [7, 11) is 0. The highest BCUT2D eigenvalue weighted by molar-refractivity contribution is 9.10. The summed E-state index contributed by atoms with van der Waals surface area (Å²) in [4.78, 5) is 12.1. The van der Waals surface area contributed by atoms with Crippen LogP contribution in [-0.4, -0.2) is 27.5 Å². The van der Waals surface area contributed by atoms with E-state index >= 15 is 0 Å². The molecule has 19 heavy (non-hydrogen) atoms. The molecule has 1 aromatic heterocycles. The second-order valence-electron chi connectivity index (χ2n) is 5.21. The van der Waals surface area contributed by atoms with Gasteiger partial charge in [0, 0.05) is 19.2 Å². The monoisotopic (exact) mass is 329 g/mol. The molecule has 0 bridgehead atoms. The molecule has 1 aliphatic rings. The van der Waals surface area contributed by atoms with E-state index in [1.807, 2.05) is 6.92 Å². The summed E-state index contributed by atoms with van der Waals surface area (Å²) in [6.07, 6.45) is 5.70. The van der Waals surface area contributed by atoms with Crippen molar-refractivity contribution in [2.45, 2.75) is 45.2 Å². The Balaban J connectivity index is 2.04. The summed E-state index contributed by atoms with van der Waals surface area (Å²) >= 11 is 3.35. The lowest BCUT2D eigenvalue weighted by Gasteiger charge is -2.16. The van der Waals surface area contributed by atoms with Crippen LogP contribution in [0.2, 0.25) is 0 Å². The first-order valence-electron chi connectivity index (χ1n) is 6.75. The van der Waals surface area contributed by atoms with E-state index in [4.69, 9.17) is 5.11 Å². The molecule has 0 aliphatic heterocycles. The summed E-state index contributed by atoms with van der Waals surface area (Å²) in [5.41, 5.74) is 0.647. The van der Waals surface area contributed by atoms with Gasteiger partial charge in [0.05, 0.1) is 11.9 Å². The van der Waals surface area contributed by atoms with Crippen LogP contribution < -0.4 is 10.9 Å². The van der Waals surface area contributed by atoms with Crippen molar-refractivity contribution in [1.29, 1.82) is 0 Å². The normalized spacial score (nSPS) is 16.4. The van der Waals surface area contributed by atoms with Crippen molar-refractivity contribution < 1.29 is 5.11 Å². The first-order chi connectivity index (χ1) is 9.11. The largest absolute Gasteiger partial charge is 0.396 e. The minimum Gasteiger partial charge on any atom is -0.396 e. The third-order valence-corrected chi connectivity index (χ3v) is 4.08. The van der Waals surface area contributed by atoms with Crippen LogP contribution in [0.25, 0.3) is 0 Å². The Labute approximate surface area is 121 Å². The quantitative estimate of drug-likeness (QED) is 0.802. The first-order valence-corrected chi connectivity index (χ1v) is 7.54. The Kier molecular flexibility index (Phi) is 4.99. The standard InChI is InChI=1S/C13H20BrN3O2/c1-9(3-2-6-18)16-11-7-15-17(8-10-4-5-10)13(19)12(11)14/h7,9-10,16,18H,2-6,8H2,1H3. The van der Waals surface area contributed by atoms with E-state index < -0.39 is 0 Å². The summed E-state index contributed by atoms with van der Waals surface area (Å²) in [6, 6.07) is 0.198. The fourth-order valence-corrected chi connectivity index (χ4v) is 2.40. The fourth-order valence-electron chi connectivity index (χ4n) is 1.98. The maximum absolute atomic E-state index is 12.1. The zero-order valence-corrected chi connectivity index (χ0v) is 12.7. The van der Waals surface area contributed by atoms with E-state index in [-0.39, 0.29) is 18.2 Å². The molecule has 5 nitrogen and oxygen atoms in total.